The van der Waals surface area contributed by atoms with Crippen molar-refractivity contribution in [1.29, 1.82) is 0 Å². The van der Waals surface area contributed by atoms with E-state index in [0.717, 1.165) is 28.0 Å². The molecule has 0 bridgehead atoms. The predicted molar refractivity (Wildman–Crippen MR) is 108 cm³/mol. The summed E-state index contributed by atoms with van der Waals surface area (Å²) >= 11 is 0. The first-order valence-electron chi connectivity index (χ1n) is 9.10. The van der Waals surface area contributed by atoms with E-state index in [2.05, 4.69) is 0 Å². The second kappa shape index (κ2) is 8.02. The molecular formula is C24H21NO2. The number of carbonyl (C=O) groups is 1. The highest BCUT2D eigenvalue weighted by Gasteiger charge is 2.31. The van der Waals surface area contributed by atoms with E-state index >= 15 is 0 Å². The van der Waals surface area contributed by atoms with E-state index in [-0.39, 0.29) is 5.91 Å². The van der Waals surface area contributed by atoms with Gasteiger partial charge < -0.3 is 9.64 Å². The van der Waals surface area contributed by atoms with Crippen molar-refractivity contribution in [2.75, 3.05) is 11.5 Å². The molecule has 3 heteroatoms. The molecule has 0 fully saturated rings. The minimum absolute atomic E-state index is 0.0309. The first-order chi connectivity index (χ1) is 13.3. The third-order valence-electron chi connectivity index (χ3n) is 4.66. The van der Waals surface area contributed by atoms with Gasteiger partial charge in [-0.15, -0.1) is 0 Å². The van der Waals surface area contributed by atoms with Crippen molar-refractivity contribution >= 4 is 17.2 Å². The summed E-state index contributed by atoms with van der Waals surface area (Å²) in [6.07, 6.45) is 1.90. The lowest BCUT2D eigenvalue weighted by molar-refractivity contribution is -0.113. The Bertz CT molecular complexity index is 948. The topological polar surface area (TPSA) is 29.5 Å². The Hall–Kier alpha value is -3.17. The van der Waals surface area contributed by atoms with E-state index in [0.29, 0.717) is 19.8 Å². The highest BCUT2D eigenvalue weighted by molar-refractivity contribution is 6.32. The Morgan fingerprint density at radius 1 is 0.778 bits per heavy atom. The summed E-state index contributed by atoms with van der Waals surface area (Å²) < 4.78 is 5.75. The fourth-order valence-corrected chi connectivity index (χ4v) is 3.32. The summed E-state index contributed by atoms with van der Waals surface area (Å²) in [5.41, 5.74) is 4.89. The number of benzene rings is 3. The van der Waals surface area contributed by atoms with Crippen LogP contribution >= 0.6 is 0 Å². The summed E-state index contributed by atoms with van der Waals surface area (Å²) in [5, 5.41) is 0. The largest absolute Gasteiger partial charge is 0.373 e. The van der Waals surface area contributed by atoms with E-state index in [9.17, 15) is 4.79 Å². The Balaban J connectivity index is 1.50. The number of hydrogen-bond donors (Lipinski definition) is 0. The number of nitrogens with zero attached hydrogens (tertiary/aromatic N) is 1. The third kappa shape index (κ3) is 3.83. The van der Waals surface area contributed by atoms with Crippen molar-refractivity contribution in [2.24, 2.45) is 0 Å². The zero-order valence-electron chi connectivity index (χ0n) is 15.0. The molecule has 1 aliphatic heterocycles. The van der Waals surface area contributed by atoms with Crippen LogP contribution in [0.5, 0.6) is 0 Å². The molecule has 27 heavy (non-hydrogen) atoms. The lowest BCUT2D eigenvalue weighted by atomic mass is 10.1. The zero-order valence-corrected chi connectivity index (χ0v) is 15.0. The number of carbonyl (C=O) groups excluding carboxylic acids is 1. The van der Waals surface area contributed by atoms with Gasteiger partial charge in [-0.2, -0.15) is 0 Å². The van der Waals surface area contributed by atoms with Gasteiger partial charge in [0.1, 0.15) is 0 Å². The molecule has 0 spiro atoms. The Morgan fingerprint density at radius 2 is 1.41 bits per heavy atom. The SMILES string of the molecule is O=C1/C(=C/COCc2ccccc2)c2ccccc2N1Cc1ccccc1. The van der Waals surface area contributed by atoms with Crippen LogP contribution in [0.4, 0.5) is 5.69 Å². The van der Waals surface area contributed by atoms with Gasteiger partial charge in [-0.25, -0.2) is 0 Å². The average molecular weight is 355 g/mol. The number of anilines is 1. The molecule has 0 saturated heterocycles. The molecule has 0 radical (unpaired) electrons. The highest BCUT2D eigenvalue weighted by Crippen LogP contribution is 2.37. The Kier molecular flexibility index (Phi) is 5.13. The Labute approximate surface area is 159 Å². The molecule has 0 aromatic heterocycles. The number of para-hydroxylation sites is 1. The molecule has 0 unspecified atom stereocenters. The van der Waals surface area contributed by atoms with E-state index in [1.54, 1.807) is 0 Å². The van der Waals surface area contributed by atoms with E-state index < -0.39 is 0 Å². The van der Waals surface area contributed by atoms with Crippen molar-refractivity contribution in [2.45, 2.75) is 13.2 Å². The van der Waals surface area contributed by atoms with Crippen LogP contribution in [0.2, 0.25) is 0 Å². The standard InChI is InChI=1S/C24H21NO2/c26-24-22(15-16-27-18-20-11-5-2-6-12-20)21-13-7-8-14-23(21)25(24)17-19-9-3-1-4-10-19/h1-15H,16-18H2/b22-15+. The van der Waals surface area contributed by atoms with Crippen molar-refractivity contribution < 1.29 is 9.53 Å². The fraction of sp³-hybridized carbons (Fsp3) is 0.125. The highest BCUT2D eigenvalue weighted by atomic mass is 16.5. The van der Waals surface area contributed by atoms with Gasteiger partial charge in [-0.05, 0) is 23.3 Å². The van der Waals surface area contributed by atoms with E-state index in [4.69, 9.17) is 4.74 Å². The van der Waals surface area contributed by atoms with Crippen LogP contribution in [-0.4, -0.2) is 12.5 Å². The van der Waals surface area contributed by atoms with Gasteiger partial charge in [0.05, 0.1) is 25.4 Å². The summed E-state index contributed by atoms with van der Waals surface area (Å²) in [4.78, 5) is 14.9. The van der Waals surface area contributed by atoms with Crippen LogP contribution in [0.1, 0.15) is 16.7 Å². The number of ether oxygens (including phenoxy) is 1. The number of amides is 1. The number of rotatable bonds is 6. The molecule has 0 atom stereocenters. The normalized spacial score (nSPS) is 14.6. The van der Waals surface area contributed by atoms with Crippen LogP contribution < -0.4 is 4.90 Å². The summed E-state index contributed by atoms with van der Waals surface area (Å²) in [5.74, 6) is 0.0309. The molecule has 4 rings (SSSR count). The van der Waals surface area contributed by atoms with Gasteiger partial charge in [0.25, 0.3) is 5.91 Å². The van der Waals surface area contributed by atoms with Crippen molar-refractivity contribution in [3.8, 4) is 0 Å². The molecule has 1 aliphatic rings. The van der Waals surface area contributed by atoms with Gasteiger partial charge in [-0.1, -0.05) is 78.9 Å². The zero-order chi connectivity index (χ0) is 18.5. The third-order valence-corrected chi connectivity index (χ3v) is 4.66. The maximum Gasteiger partial charge on any atom is 0.259 e. The van der Waals surface area contributed by atoms with Crippen molar-refractivity contribution in [3.63, 3.8) is 0 Å². The molecule has 1 amide bonds. The second-order valence-corrected chi connectivity index (χ2v) is 6.51. The maximum atomic E-state index is 13.0. The smallest absolute Gasteiger partial charge is 0.259 e. The minimum atomic E-state index is 0.0309. The molecule has 3 aromatic rings. The minimum Gasteiger partial charge on any atom is -0.373 e. The molecule has 0 aliphatic carbocycles. The summed E-state index contributed by atoms with van der Waals surface area (Å²) in [6, 6.07) is 28.0. The molecule has 3 nitrogen and oxygen atoms in total. The van der Waals surface area contributed by atoms with Crippen molar-refractivity contribution in [3.05, 3.63) is 108 Å². The van der Waals surface area contributed by atoms with E-state index in [1.165, 1.54) is 0 Å². The lowest BCUT2D eigenvalue weighted by Gasteiger charge is -2.17. The first kappa shape index (κ1) is 17.3. The van der Waals surface area contributed by atoms with Gasteiger partial charge in [0.2, 0.25) is 0 Å². The second-order valence-electron chi connectivity index (χ2n) is 6.51. The van der Waals surface area contributed by atoms with Crippen molar-refractivity contribution in [1.82, 2.24) is 0 Å². The molecule has 0 N–H and O–H groups in total. The fourth-order valence-electron chi connectivity index (χ4n) is 3.32. The van der Waals surface area contributed by atoms with Gasteiger partial charge in [0, 0.05) is 11.1 Å². The number of fused-ring (bicyclic) bond motifs is 1. The molecule has 0 saturated carbocycles. The molecular weight excluding hydrogens is 334 g/mol. The number of hydrogen-bond acceptors (Lipinski definition) is 2. The lowest BCUT2D eigenvalue weighted by Crippen LogP contribution is -2.25. The monoisotopic (exact) mass is 355 g/mol. The van der Waals surface area contributed by atoms with Crippen LogP contribution in [0.25, 0.3) is 5.57 Å². The van der Waals surface area contributed by atoms with E-state index in [1.807, 2.05) is 95.9 Å². The van der Waals surface area contributed by atoms with Crippen LogP contribution in [0.15, 0.2) is 91.0 Å². The van der Waals surface area contributed by atoms with Crippen LogP contribution in [-0.2, 0) is 22.7 Å². The van der Waals surface area contributed by atoms with Gasteiger partial charge >= 0.3 is 0 Å². The molecule has 1 heterocycles. The van der Waals surface area contributed by atoms with Crippen LogP contribution in [0, 0.1) is 0 Å². The molecule has 134 valence electrons. The molecule has 3 aromatic carbocycles. The van der Waals surface area contributed by atoms with Gasteiger partial charge in [-0.3, -0.25) is 4.79 Å². The van der Waals surface area contributed by atoms with Crippen LogP contribution in [0.3, 0.4) is 0 Å². The summed E-state index contributed by atoms with van der Waals surface area (Å²) in [7, 11) is 0. The first-order valence-corrected chi connectivity index (χ1v) is 9.10. The quantitative estimate of drug-likeness (QED) is 0.468. The predicted octanol–water partition coefficient (Wildman–Crippen LogP) is 4.83. The average Bonchev–Trinajstić information content (AvgIpc) is 2.98. The van der Waals surface area contributed by atoms with Gasteiger partial charge in [0.15, 0.2) is 0 Å². The maximum absolute atomic E-state index is 13.0. The Morgan fingerprint density at radius 3 is 2.15 bits per heavy atom. The summed E-state index contributed by atoms with van der Waals surface area (Å²) in [6.45, 7) is 1.51.